The van der Waals surface area contributed by atoms with Crippen LogP contribution in [0.4, 0.5) is 10.9 Å². The molecule has 0 atom stereocenters. The van der Waals surface area contributed by atoms with Crippen molar-refractivity contribution >= 4 is 39.0 Å². The molecule has 1 aromatic rings. The topological polar surface area (TPSA) is 97.1 Å². The highest BCUT2D eigenvalue weighted by atomic mass is 32.2. The van der Waals surface area contributed by atoms with E-state index in [2.05, 4.69) is 29.5 Å². The summed E-state index contributed by atoms with van der Waals surface area (Å²) in [4.78, 5) is 16.9. The van der Waals surface area contributed by atoms with E-state index in [4.69, 9.17) is 5.73 Å². The highest BCUT2D eigenvalue weighted by molar-refractivity contribution is 7.85. The molecule has 0 saturated carbocycles. The summed E-state index contributed by atoms with van der Waals surface area (Å²) < 4.78 is 11.3. The molecule has 6 nitrogen and oxygen atoms in total. The number of thiazole rings is 1. The summed E-state index contributed by atoms with van der Waals surface area (Å²) in [6.07, 6.45) is 1.52. The van der Waals surface area contributed by atoms with Gasteiger partial charge < -0.3 is 16.4 Å². The molecule has 118 valence electrons. The lowest BCUT2D eigenvalue weighted by atomic mass is 10.1. The Kier molecular flexibility index (Phi) is 5.58. The van der Waals surface area contributed by atoms with Crippen LogP contribution in [0.15, 0.2) is 0 Å². The molecule has 1 aromatic heterocycles. The normalized spacial score (nSPS) is 22.2. The minimum atomic E-state index is -0.723. The molecule has 2 rings (SSSR count). The van der Waals surface area contributed by atoms with Crippen LogP contribution in [0, 0.1) is 5.92 Å². The maximum absolute atomic E-state index is 12.2. The number of nitrogen functional groups attached to an aromatic ring is 1. The SMILES string of the molecule is CC(C)CNc1nc(N)c(C(=O)NC2CCS(=O)CC2)s1. The van der Waals surface area contributed by atoms with Crippen molar-refractivity contribution in [2.24, 2.45) is 5.92 Å². The number of rotatable bonds is 5. The summed E-state index contributed by atoms with van der Waals surface area (Å²) in [7, 11) is -0.723. The average Bonchev–Trinajstić information content (AvgIpc) is 2.80. The Bertz CT molecular complexity index is 520. The summed E-state index contributed by atoms with van der Waals surface area (Å²) in [5.74, 6) is 1.90. The van der Waals surface area contributed by atoms with Crippen molar-refractivity contribution in [2.45, 2.75) is 32.7 Å². The fourth-order valence-corrected chi connectivity index (χ4v) is 4.14. The van der Waals surface area contributed by atoms with Crippen molar-refractivity contribution in [3.8, 4) is 0 Å². The van der Waals surface area contributed by atoms with E-state index in [1.165, 1.54) is 11.3 Å². The predicted octanol–water partition coefficient (Wildman–Crippen LogP) is 1.43. The Morgan fingerprint density at radius 1 is 1.48 bits per heavy atom. The maximum atomic E-state index is 12.2. The first-order valence-corrected chi connectivity index (χ1v) is 9.42. The van der Waals surface area contributed by atoms with Gasteiger partial charge in [-0.15, -0.1) is 0 Å². The van der Waals surface area contributed by atoms with Crippen molar-refractivity contribution < 1.29 is 9.00 Å². The average molecular weight is 330 g/mol. The van der Waals surface area contributed by atoms with E-state index in [0.717, 1.165) is 19.4 Å². The van der Waals surface area contributed by atoms with Crippen molar-refractivity contribution in [2.75, 3.05) is 29.1 Å². The second-order valence-corrected chi connectivity index (χ2v) is 8.30. The van der Waals surface area contributed by atoms with Crippen LogP contribution in [-0.2, 0) is 10.8 Å². The van der Waals surface area contributed by atoms with E-state index in [9.17, 15) is 9.00 Å². The lowest BCUT2D eigenvalue weighted by Gasteiger charge is -2.22. The number of carbonyl (C=O) groups is 1. The molecule has 4 N–H and O–H groups in total. The van der Waals surface area contributed by atoms with Gasteiger partial charge in [-0.25, -0.2) is 4.98 Å². The van der Waals surface area contributed by atoms with Crippen LogP contribution in [0.5, 0.6) is 0 Å². The smallest absolute Gasteiger partial charge is 0.265 e. The highest BCUT2D eigenvalue weighted by Gasteiger charge is 2.23. The monoisotopic (exact) mass is 330 g/mol. The van der Waals surface area contributed by atoms with Crippen LogP contribution in [0.2, 0.25) is 0 Å². The molecular weight excluding hydrogens is 308 g/mol. The standard InChI is InChI=1S/C13H22N4O2S2/c1-8(2)7-15-13-17-11(14)10(20-13)12(18)16-9-3-5-21(19)6-4-9/h8-9H,3-7,14H2,1-2H3,(H,15,17)(H,16,18). The number of anilines is 2. The number of nitrogens with two attached hydrogens (primary N) is 1. The largest absolute Gasteiger partial charge is 0.382 e. The Hall–Kier alpha value is -1.15. The zero-order valence-corrected chi connectivity index (χ0v) is 14.0. The molecule has 0 aromatic carbocycles. The number of aromatic nitrogens is 1. The second kappa shape index (κ2) is 7.22. The quantitative estimate of drug-likeness (QED) is 0.759. The van der Waals surface area contributed by atoms with Crippen LogP contribution in [-0.4, -0.2) is 39.2 Å². The molecule has 0 bridgehead atoms. The molecule has 1 aliphatic heterocycles. The summed E-state index contributed by atoms with van der Waals surface area (Å²) in [5, 5.41) is 6.82. The molecule has 2 heterocycles. The number of carbonyl (C=O) groups excluding carboxylic acids is 1. The minimum absolute atomic E-state index is 0.0868. The fourth-order valence-electron chi connectivity index (χ4n) is 2.05. The maximum Gasteiger partial charge on any atom is 0.265 e. The molecule has 21 heavy (non-hydrogen) atoms. The Labute approximate surface area is 131 Å². The summed E-state index contributed by atoms with van der Waals surface area (Å²) in [6.45, 7) is 5.00. The number of nitrogens with zero attached hydrogens (tertiary/aromatic N) is 1. The molecule has 8 heteroatoms. The minimum Gasteiger partial charge on any atom is -0.382 e. The zero-order chi connectivity index (χ0) is 15.4. The molecule has 1 saturated heterocycles. The van der Waals surface area contributed by atoms with Gasteiger partial charge >= 0.3 is 0 Å². The van der Waals surface area contributed by atoms with Crippen molar-refractivity contribution in [3.05, 3.63) is 4.88 Å². The first-order valence-electron chi connectivity index (χ1n) is 7.11. The van der Waals surface area contributed by atoms with Gasteiger partial charge in [0.1, 0.15) is 10.7 Å². The van der Waals surface area contributed by atoms with E-state index < -0.39 is 10.8 Å². The van der Waals surface area contributed by atoms with Crippen molar-refractivity contribution in [1.82, 2.24) is 10.3 Å². The summed E-state index contributed by atoms with van der Waals surface area (Å²) >= 11 is 1.28. The Morgan fingerprint density at radius 2 is 2.14 bits per heavy atom. The van der Waals surface area contributed by atoms with Gasteiger partial charge in [0.15, 0.2) is 5.13 Å². The number of nitrogens with one attached hydrogen (secondary N) is 2. The van der Waals surface area contributed by atoms with Gasteiger partial charge in [0.25, 0.3) is 5.91 Å². The van der Waals surface area contributed by atoms with Gasteiger partial charge in [-0.3, -0.25) is 9.00 Å². The van der Waals surface area contributed by atoms with E-state index >= 15 is 0 Å². The first kappa shape index (κ1) is 16.2. The zero-order valence-electron chi connectivity index (χ0n) is 12.3. The molecule has 0 unspecified atom stereocenters. The van der Waals surface area contributed by atoms with Crippen LogP contribution >= 0.6 is 11.3 Å². The van der Waals surface area contributed by atoms with Gasteiger partial charge in [-0.2, -0.15) is 0 Å². The molecular formula is C13H22N4O2S2. The molecule has 0 spiro atoms. The second-order valence-electron chi connectivity index (χ2n) is 5.60. The van der Waals surface area contributed by atoms with Crippen LogP contribution in [0.1, 0.15) is 36.4 Å². The van der Waals surface area contributed by atoms with Gasteiger partial charge in [0.05, 0.1) is 0 Å². The lowest BCUT2D eigenvalue weighted by molar-refractivity contribution is 0.0939. The molecule has 1 amide bonds. The van der Waals surface area contributed by atoms with Crippen molar-refractivity contribution in [3.63, 3.8) is 0 Å². The van der Waals surface area contributed by atoms with Crippen molar-refractivity contribution in [1.29, 1.82) is 0 Å². The number of hydrogen-bond donors (Lipinski definition) is 3. The van der Waals surface area contributed by atoms with Crippen LogP contribution < -0.4 is 16.4 Å². The van der Waals surface area contributed by atoms with E-state index in [0.29, 0.717) is 27.4 Å². The third-order valence-electron chi connectivity index (χ3n) is 3.24. The van der Waals surface area contributed by atoms with E-state index in [1.54, 1.807) is 0 Å². The van der Waals surface area contributed by atoms with Crippen LogP contribution in [0.25, 0.3) is 0 Å². The fraction of sp³-hybridized carbons (Fsp3) is 0.692. The summed E-state index contributed by atoms with van der Waals surface area (Å²) in [6, 6.07) is 0.0868. The third-order valence-corrected chi connectivity index (χ3v) is 5.65. The third kappa shape index (κ3) is 4.67. The number of hydrogen-bond acceptors (Lipinski definition) is 6. The summed E-state index contributed by atoms with van der Waals surface area (Å²) in [5.41, 5.74) is 5.83. The molecule has 1 fully saturated rings. The first-order chi connectivity index (χ1) is 9.95. The van der Waals surface area contributed by atoms with Gasteiger partial charge in [-0.05, 0) is 18.8 Å². The molecule has 1 aliphatic rings. The highest BCUT2D eigenvalue weighted by Crippen LogP contribution is 2.25. The molecule has 0 aliphatic carbocycles. The number of amides is 1. The Morgan fingerprint density at radius 3 is 2.76 bits per heavy atom. The van der Waals surface area contributed by atoms with Gasteiger partial charge in [-0.1, -0.05) is 25.2 Å². The lowest BCUT2D eigenvalue weighted by Crippen LogP contribution is -2.39. The molecule has 0 radical (unpaired) electrons. The van der Waals surface area contributed by atoms with E-state index in [1.807, 2.05) is 0 Å². The predicted molar refractivity (Wildman–Crippen MR) is 88.2 cm³/mol. The Balaban J connectivity index is 1.94. The van der Waals surface area contributed by atoms with Gasteiger partial charge in [0.2, 0.25) is 0 Å². The van der Waals surface area contributed by atoms with E-state index in [-0.39, 0.29) is 17.8 Å². The van der Waals surface area contributed by atoms with Gasteiger partial charge in [0, 0.05) is 34.9 Å². The van der Waals surface area contributed by atoms with Crippen LogP contribution in [0.3, 0.4) is 0 Å².